The fourth-order valence-electron chi connectivity index (χ4n) is 1.04. The minimum Gasteiger partial charge on any atom is -0.382 e. The Morgan fingerprint density at radius 3 is 1.83 bits per heavy atom. The summed E-state index contributed by atoms with van der Waals surface area (Å²) in [5, 5.41) is 0. The standard InChI is InChI=1S/C11H24N2O5/c1-15-4-5-17-8-9-18-7-6-16-3-2-10(12)11(13)14/h10H,2-9,12H2,1H3,(H2,13,14). The van der Waals surface area contributed by atoms with Crippen molar-refractivity contribution in [3.8, 4) is 0 Å². The average Bonchev–Trinajstić information content (AvgIpc) is 2.35. The third kappa shape index (κ3) is 11.7. The van der Waals surface area contributed by atoms with Crippen LogP contribution in [0.25, 0.3) is 0 Å². The molecule has 108 valence electrons. The summed E-state index contributed by atoms with van der Waals surface area (Å²) in [6.45, 7) is 3.56. The third-order valence-electron chi connectivity index (χ3n) is 2.11. The zero-order valence-corrected chi connectivity index (χ0v) is 10.9. The van der Waals surface area contributed by atoms with Crippen LogP contribution in [0.1, 0.15) is 6.42 Å². The Kier molecular flexibility index (Phi) is 12.2. The Morgan fingerprint density at radius 1 is 0.944 bits per heavy atom. The molecule has 0 fully saturated rings. The van der Waals surface area contributed by atoms with Crippen LogP contribution in [-0.4, -0.2) is 65.3 Å². The Balaban J connectivity index is 3.05. The molecule has 7 heteroatoms. The smallest absolute Gasteiger partial charge is 0.234 e. The van der Waals surface area contributed by atoms with Gasteiger partial charge in [0.25, 0.3) is 0 Å². The van der Waals surface area contributed by atoms with Gasteiger partial charge in [0.15, 0.2) is 0 Å². The molecule has 0 rings (SSSR count). The van der Waals surface area contributed by atoms with Crippen molar-refractivity contribution in [1.82, 2.24) is 0 Å². The van der Waals surface area contributed by atoms with Gasteiger partial charge in [0.2, 0.25) is 5.91 Å². The molecule has 0 heterocycles. The minimum absolute atomic E-state index is 0.401. The molecule has 18 heavy (non-hydrogen) atoms. The molecule has 0 saturated carbocycles. The maximum atomic E-state index is 10.6. The van der Waals surface area contributed by atoms with E-state index in [0.29, 0.717) is 52.7 Å². The fourth-order valence-corrected chi connectivity index (χ4v) is 1.04. The van der Waals surface area contributed by atoms with Gasteiger partial charge >= 0.3 is 0 Å². The summed E-state index contributed by atoms with van der Waals surface area (Å²) in [4.78, 5) is 10.6. The molecule has 0 aromatic carbocycles. The number of hydrogen-bond acceptors (Lipinski definition) is 6. The fraction of sp³-hybridized carbons (Fsp3) is 0.909. The molecule has 0 saturated heterocycles. The third-order valence-corrected chi connectivity index (χ3v) is 2.11. The number of carbonyl (C=O) groups excluding carboxylic acids is 1. The van der Waals surface area contributed by atoms with E-state index in [4.69, 9.17) is 30.4 Å². The van der Waals surface area contributed by atoms with Crippen molar-refractivity contribution in [2.75, 3.05) is 53.4 Å². The van der Waals surface area contributed by atoms with Gasteiger partial charge in [-0.2, -0.15) is 0 Å². The Bertz CT molecular complexity index is 204. The highest BCUT2D eigenvalue weighted by Crippen LogP contribution is 1.89. The van der Waals surface area contributed by atoms with Crippen LogP contribution < -0.4 is 11.5 Å². The SMILES string of the molecule is COCCOCCOCCOCCC(N)C(N)=O. The largest absolute Gasteiger partial charge is 0.382 e. The number of nitrogens with two attached hydrogens (primary N) is 2. The summed E-state index contributed by atoms with van der Waals surface area (Å²) in [7, 11) is 1.63. The molecule has 1 amide bonds. The van der Waals surface area contributed by atoms with Gasteiger partial charge in [-0.05, 0) is 6.42 Å². The number of hydrogen-bond donors (Lipinski definition) is 2. The van der Waals surface area contributed by atoms with Gasteiger partial charge in [0, 0.05) is 13.7 Å². The number of amides is 1. The summed E-state index contributed by atoms with van der Waals surface area (Å²) in [6, 6.07) is -0.639. The summed E-state index contributed by atoms with van der Waals surface area (Å²) in [6.07, 6.45) is 0.426. The molecule has 1 atom stereocenters. The predicted molar refractivity (Wildman–Crippen MR) is 66.1 cm³/mol. The highest BCUT2D eigenvalue weighted by molar-refractivity contribution is 5.79. The molecule has 4 N–H and O–H groups in total. The first kappa shape index (κ1) is 17.3. The summed E-state index contributed by atoms with van der Waals surface area (Å²) in [5.41, 5.74) is 10.4. The lowest BCUT2D eigenvalue weighted by Gasteiger charge is -2.08. The first-order valence-corrected chi connectivity index (χ1v) is 5.95. The number of rotatable bonds is 13. The van der Waals surface area contributed by atoms with Gasteiger partial charge < -0.3 is 30.4 Å². The molecule has 0 aliphatic heterocycles. The molecule has 0 aliphatic rings. The molecule has 0 aromatic heterocycles. The summed E-state index contributed by atoms with van der Waals surface area (Å²) >= 11 is 0. The van der Waals surface area contributed by atoms with Crippen LogP contribution in [0.15, 0.2) is 0 Å². The highest BCUT2D eigenvalue weighted by atomic mass is 16.6. The topological polar surface area (TPSA) is 106 Å². The van der Waals surface area contributed by atoms with E-state index in [1.54, 1.807) is 7.11 Å². The van der Waals surface area contributed by atoms with Crippen LogP contribution in [0.4, 0.5) is 0 Å². The molecule has 0 bridgehead atoms. The molecule has 1 unspecified atom stereocenters. The Labute approximate surface area is 108 Å². The first-order valence-electron chi connectivity index (χ1n) is 5.95. The monoisotopic (exact) mass is 264 g/mol. The van der Waals surface area contributed by atoms with Gasteiger partial charge in [-0.15, -0.1) is 0 Å². The van der Waals surface area contributed by atoms with Gasteiger partial charge in [-0.25, -0.2) is 0 Å². The summed E-state index contributed by atoms with van der Waals surface area (Å²) in [5.74, 6) is -0.511. The molecule has 7 nitrogen and oxygen atoms in total. The van der Waals surface area contributed by atoms with E-state index < -0.39 is 11.9 Å². The van der Waals surface area contributed by atoms with Crippen molar-refractivity contribution in [3.05, 3.63) is 0 Å². The molecule has 0 aliphatic carbocycles. The van der Waals surface area contributed by atoms with Crippen LogP contribution in [0.2, 0.25) is 0 Å². The van der Waals surface area contributed by atoms with Crippen molar-refractivity contribution in [1.29, 1.82) is 0 Å². The van der Waals surface area contributed by atoms with E-state index in [-0.39, 0.29) is 0 Å². The lowest BCUT2D eigenvalue weighted by molar-refractivity contribution is -0.119. The summed E-state index contributed by atoms with van der Waals surface area (Å²) < 4.78 is 20.5. The second kappa shape index (κ2) is 12.7. The zero-order valence-electron chi connectivity index (χ0n) is 10.9. The van der Waals surface area contributed by atoms with Crippen molar-refractivity contribution in [2.24, 2.45) is 11.5 Å². The Hall–Kier alpha value is -0.730. The van der Waals surface area contributed by atoms with Crippen molar-refractivity contribution in [2.45, 2.75) is 12.5 Å². The molecular formula is C11H24N2O5. The van der Waals surface area contributed by atoms with E-state index >= 15 is 0 Å². The van der Waals surface area contributed by atoms with Crippen molar-refractivity contribution in [3.63, 3.8) is 0 Å². The van der Waals surface area contributed by atoms with E-state index in [1.807, 2.05) is 0 Å². The zero-order chi connectivity index (χ0) is 13.6. The lowest BCUT2D eigenvalue weighted by atomic mass is 10.2. The highest BCUT2D eigenvalue weighted by Gasteiger charge is 2.07. The van der Waals surface area contributed by atoms with Gasteiger partial charge in [0.05, 0.1) is 45.7 Å². The predicted octanol–water partition coefficient (Wildman–Crippen LogP) is -1.11. The van der Waals surface area contributed by atoms with Crippen molar-refractivity contribution >= 4 is 5.91 Å². The lowest BCUT2D eigenvalue weighted by Crippen LogP contribution is -2.37. The quantitative estimate of drug-likeness (QED) is 0.408. The van der Waals surface area contributed by atoms with Crippen LogP contribution >= 0.6 is 0 Å². The van der Waals surface area contributed by atoms with Crippen LogP contribution in [0, 0.1) is 0 Å². The maximum absolute atomic E-state index is 10.6. The molecule has 0 radical (unpaired) electrons. The number of ether oxygens (including phenoxy) is 4. The molecular weight excluding hydrogens is 240 g/mol. The van der Waals surface area contributed by atoms with E-state index in [9.17, 15) is 4.79 Å². The Morgan fingerprint density at radius 2 is 1.39 bits per heavy atom. The van der Waals surface area contributed by atoms with Crippen molar-refractivity contribution < 1.29 is 23.7 Å². The van der Waals surface area contributed by atoms with Crippen LogP contribution in [0.3, 0.4) is 0 Å². The maximum Gasteiger partial charge on any atom is 0.234 e. The normalized spacial score (nSPS) is 12.6. The van der Waals surface area contributed by atoms with Gasteiger partial charge in [0.1, 0.15) is 0 Å². The molecule has 0 spiro atoms. The second-order valence-electron chi connectivity index (χ2n) is 3.63. The van der Waals surface area contributed by atoms with E-state index in [1.165, 1.54) is 0 Å². The van der Waals surface area contributed by atoms with Crippen LogP contribution in [0.5, 0.6) is 0 Å². The number of methoxy groups -OCH3 is 1. The first-order chi connectivity index (χ1) is 8.68. The molecule has 0 aromatic rings. The minimum atomic E-state index is -0.639. The van der Waals surface area contributed by atoms with Gasteiger partial charge in [-0.1, -0.05) is 0 Å². The second-order valence-corrected chi connectivity index (χ2v) is 3.63. The number of primary amides is 1. The van der Waals surface area contributed by atoms with E-state index in [2.05, 4.69) is 0 Å². The average molecular weight is 264 g/mol. The van der Waals surface area contributed by atoms with Gasteiger partial charge in [-0.3, -0.25) is 4.79 Å². The van der Waals surface area contributed by atoms with Crippen LogP contribution in [-0.2, 0) is 23.7 Å². The van der Waals surface area contributed by atoms with E-state index in [0.717, 1.165) is 0 Å². The number of carbonyl (C=O) groups is 1.